The molecule has 0 aliphatic rings. The van der Waals surface area contributed by atoms with Crippen molar-refractivity contribution in [3.8, 4) is 0 Å². The maximum absolute atomic E-state index is 8.75. The molecule has 0 spiro atoms. The van der Waals surface area contributed by atoms with Gasteiger partial charge in [-0.15, -0.1) is 0 Å². The van der Waals surface area contributed by atoms with E-state index in [4.69, 9.17) is 9.84 Å². The number of nitrogens with one attached hydrogen (secondary N) is 1. The summed E-state index contributed by atoms with van der Waals surface area (Å²) in [6, 6.07) is 0. The van der Waals surface area contributed by atoms with Crippen molar-refractivity contribution < 1.29 is 9.84 Å². The van der Waals surface area contributed by atoms with E-state index in [0.717, 1.165) is 6.54 Å². The van der Waals surface area contributed by atoms with Crippen molar-refractivity contribution in [3.05, 3.63) is 0 Å². The second-order valence-electron chi connectivity index (χ2n) is 2.05. The fourth-order valence-corrected chi connectivity index (χ4v) is 0.485. The van der Waals surface area contributed by atoms with Gasteiger partial charge in [-0.3, -0.25) is 0 Å². The smallest absolute Gasteiger partial charge is 0.0636 e. The first-order chi connectivity index (χ1) is 4.27. The van der Waals surface area contributed by atoms with Crippen molar-refractivity contribution in [2.45, 2.75) is 13.0 Å². The Hall–Kier alpha value is -0.120. The highest BCUT2D eigenvalue weighted by Gasteiger charge is 1.91. The minimum atomic E-state index is -0.262. The van der Waals surface area contributed by atoms with Crippen LogP contribution in [0.1, 0.15) is 6.92 Å². The highest BCUT2D eigenvalue weighted by Crippen LogP contribution is 1.73. The number of methoxy groups -OCH3 is 1. The lowest BCUT2D eigenvalue weighted by molar-refractivity contribution is 0.172. The van der Waals surface area contributed by atoms with Crippen LogP contribution in [0.2, 0.25) is 0 Å². The van der Waals surface area contributed by atoms with Crippen molar-refractivity contribution in [3.63, 3.8) is 0 Å². The molecule has 1 atom stereocenters. The Morgan fingerprint density at radius 2 is 2.33 bits per heavy atom. The van der Waals surface area contributed by atoms with Gasteiger partial charge in [-0.2, -0.15) is 0 Å². The van der Waals surface area contributed by atoms with Gasteiger partial charge in [0.2, 0.25) is 0 Å². The van der Waals surface area contributed by atoms with Gasteiger partial charge in [0.25, 0.3) is 0 Å². The summed E-state index contributed by atoms with van der Waals surface area (Å²) in [7, 11) is 1.66. The molecule has 0 bridgehead atoms. The largest absolute Gasteiger partial charge is 0.392 e. The van der Waals surface area contributed by atoms with E-state index in [1.807, 2.05) is 0 Å². The highest BCUT2D eigenvalue weighted by molar-refractivity contribution is 4.50. The molecule has 0 amide bonds. The number of hydrogen-bond donors (Lipinski definition) is 2. The Bertz CT molecular complexity index is 57.0. The maximum Gasteiger partial charge on any atom is 0.0636 e. The molecular formula is C6H15NO2. The van der Waals surface area contributed by atoms with Gasteiger partial charge >= 0.3 is 0 Å². The molecule has 3 heteroatoms. The SMILES string of the molecule is COCCNCC(C)O. The molecule has 0 radical (unpaired) electrons. The van der Waals surface area contributed by atoms with Crippen LogP contribution in [0.25, 0.3) is 0 Å². The van der Waals surface area contributed by atoms with Gasteiger partial charge in [0, 0.05) is 20.2 Å². The molecule has 56 valence electrons. The minimum absolute atomic E-state index is 0.262. The molecule has 0 heterocycles. The Kier molecular flexibility index (Phi) is 5.93. The van der Waals surface area contributed by atoms with Crippen LogP contribution in [0.3, 0.4) is 0 Å². The van der Waals surface area contributed by atoms with E-state index < -0.39 is 0 Å². The van der Waals surface area contributed by atoms with Crippen LogP contribution in [0.5, 0.6) is 0 Å². The van der Waals surface area contributed by atoms with Crippen molar-refractivity contribution in [2.75, 3.05) is 26.8 Å². The Labute approximate surface area is 56.0 Å². The van der Waals surface area contributed by atoms with Crippen LogP contribution in [0.4, 0.5) is 0 Å². The van der Waals surface area contributed by atoms with E-state index in [1.54, 1.807) is 14.0 Å². The zero-order valence-electron chi connectivity index (χ0n) is 6.05. The fraction of sp³-hybridized carbons (Fsp3) is 1.00. The predicted molar refractivity (Wildman–Crippen MR) is 36.4 cm³/mol. The number of aliphatic hydroxyl groups is 1. The van der Waals surface area contributed by atoms with Crippen LogP contribution < -0.4 is 5.32 Å². The number of hydrogen-bond acceptors (Lipinski definition) is 3. The topological polar surface area (TPSA) is 41.5 Å². The van der Waals surface area contributed by atoms with Gasteiger partial charge in [-0.1, -0.05) is 0 Å². The van der Waals surface area contributed by atoms with Crippen LogP contribution >= 0.6 is 0 Å². The zero-order chi connectivity index (χ0) is 7.11. The van der Waals surface area contributed by atoms with Crippen molar-refractivity contribution >= 4 is 0 Å². The Morgan fingerprint density at radius 1 is 1.67 bits per heavy atom. The monoisotopic (exact) mass is 133 g/mol. The summed E-state index contributed by atoms with van der Waals surface area (Å²) in [6.45, 7) is 3.90. The lowest BCUT2D eigenvalue weighted by Gasteiger charge is -2.04. The van der Waals surface area contributed by atoms with E-state index in [1.165, 1.54) is 0 Å². The molecule has 9 heavy (non-hydrogen) atoms. The third-order valence-corrected chi connectivity index (χ3v) is 0.923. The summed E-state index contributed by atoms with van der Waals surface area (Å²) < 4.78 is 4.78. The van der Waals surface area contributed by atoms with E-state index >= 15 is 0 Å². The fourth-order valence-electron chi connectivity index (χ4n) is 0.485. The summed E-state index contributed by atoms with van der Waals surface area (Å²) in [5.41, 5.74) is 0. The van der Waals surface area contributed by atoms with E-state index in [-0.39, 0.29) is 6.10 Å². The number of rotatable bonds is 5. The third-order valence-electron chi connectivity index (χ3n) is 0.923. The first-order valence-corrected chi connectivity index (χ1v) is 3.15. The molecule has 1 unspecified atom stereocenters. The van der Waals surface area contributed by atoms with Gasteiger partial charge in [-0.25, -0.2) is 0 Å². The normalized spacial score (nSPS) is 13.7. The summed E-state index contributed by atoms with van der Waals surface area (Å²) >= 11 is 0. The Balaban J connectivity index is 2.75. The van der Waals surface area contributed by atoms with Gasteiger partial charge in [0.15, 0.2) is 0 Å². The van der Waals surface area contributed by atoms with Gasteiger partial charge < -0.3 is 15.2 Å². The van der Waals surface area contributed by atoms with E-state index in [2.05, 4.69) is 5.32 Å². The number of ether oxygens (including phenoxy) is 1. The molecule has 0 fully saturated rings. The quantitative estimate of drug-likeness (QED) is 0.501. The van der Waals surface area contributed by atoms with E-state index in [0.29, 0.717) is 13.2 Å². The molecule has 0 rings (SSSR count). The first kappa shape index (κ1) is 8.88. The van der Waals surface area contributed by atoms with Crippen LogP contribution in [0.15, 0.2) is 0 Å². The molecular weight excluding hydrogens is 118 g/mol. The molecule has 3 nitrogen and oxygen atoms in total. The average Bonchev–Trinajstić information content (AvgIpc) is 1.80. The summed E-state index contributed by atoms with van der Waals surface area (Å²) in [4.78, 5) is 0. The third kappa shape index (κ3) is 7.88. The molecule has 0 aliphatic heterocycles. The maximum atomic E-state index is 8.75. The Morgan fingerprint density at radius 3 is 2.78 bits per heavy atom. The van der Waals surface area contributed by atoms with Gasteiger partial charge in [0.05, 0.1) is 12.7 Å². The minimum Gasteiger partial charge on any atom is -0.392 e. The summed E-state index contributed by atoms with van der Waals surface area (Å²) in [5, 5.41) is 11.8. The molecule has 0 saturated heterocycles. The highest BCUT2D eigenvalue weighted by atomic mass is 16.5. The summed E-state index contributed by atoms with van der Waals surface area (Å²) in [6.07, 6.45) is -0.262. The second-order valence-corrected chi connectivity index (χ2v) is 2.05. The lowest BCUT2D eigenvalue weighted by Crippen LogP contribution is -2.27. The van der Waals surface area contributed by atoms with Crippen LogP contribution in [-0.2, 0) is 4.74 Å². The standard InChI is InChI=1S/C6H15NO2/c1-6(8)5-7-3-4-9-2/h6-8H,3-5H2,1-2H3. The average molecular weight is 133 g/mol. The molecule has 2 N–H and O–H groups in total. The molecule has 0 aromatic carbocycles. The predicted octanol–water partition coefficient (Wildman–Crippen LogP) is -0.397. The first-order valence-electron chi connectivity index (χ1n) is 3.15. The molecule has 0 aromatic rings. The van der Waals surface area contributed by atoms with Crippen LogP contribution in [0, 0.1) is 0 Å². The van der Waals surface area contributed by atoms with Crippen molar-refractivity contribution in [1.29, 1.82) is 0 Å². The molecule has 0 saturated carbocycles. The van der Waals surface area contributed by atoms with Crippen LogP contribution in [-0.4, -0.2) is 38.0 Å². The second kappa shape index (κ2) is 6.01. The molecule has 0 aliphatic carbocycles. The summed E-state index contributed by atoms with van der Waals surface area (Å²) in [5.74, 6) is 0. The van der Waals surface area contributed by atoms with Crippen molar-refractivity contribution in [2.24, 2.45) is 0 Å². The van der Waals surface area contributed by atoms with Gasteiger partial charge in [-0.05, 0) is 6.92 Å². The van der Waals surface area contributed by atoms with Crippen molar-refractivity contribution in [1.82, 2.24) is 5.32 Å². The van der Waals surface area contributed by atoms with E-state index in [9.17, 15) is 0 Å². The van der Waals surface area contributed by atoms with Gasteiger partial charge in [0.1, 0.15) is 0 Å². The molecule has 0 aromatic heterocycles. The number of aliphatic hydroxyl groups excluding tert-OH is 1. The zero-order valence-corrected chi connectivity index (χ0v) is 6.05. The lowest BCUT2D eigenvalue weighted by atomic mass is 10.4.